The predicted molar refractivity (Wildman–Crippen MR) is 185 cm³/mol. The molecule has 12 heteroatoms. The molecule has 4 aromatic rings. The number of carbonyl (C=O) groups is 2. The third-order valence-corrected chi connectivity index (χ3v) is 14.2. The maximum absolute atomic E-state index is 13.4. The molecule has 10 nitrogen and oxygen atoms in total. The van der Waals surface area contributed by atoms with Crippen molar-refractivity contribution in [2.75, 3.05) is 25.0 Å². The van der Waals surface area contributed by atoms with Gasteiger partial charge in [0.25, 0.3) is 8.32 Å². The first kappa shape index (κ1) is 33.4. The minimum absolute atomic E-state index is 0.00877. The van der Waals surface area contributed by atoms with Gasteiger partial charge in [0.1, 0.15) is 17.4 Å². The third-order valence-electron chi connectivity index (χ3n) is 8.50. The Morgan fingerprint density at radius 3 is 2.30 bits per heavy atom. The van der Waals surface area contributed by atoms with E-state index in [1.165, 1.54) is 15.3 Å². The quantitative estimate of drug-likeness (QED) is 0.132. The molecule has 1 aromatic heterocycles. The molecule has 0 unspecified atom stereocenters. The van der Waals surface area contributed by atoms with E-state index in [0.717, 1.165) is 0 Å². The Labute approximate surface area is 278 Å². The summed E-state index contributed by atoms with van der Waals surface area (Å²) in [4.78, 5) is 35.5. The zero-order valence-corrected chi connectivity index (χ0v) is 28.8. The van der Waals surface area contributed by atoms with Crippen LogP contribution in [0.25, 0.3) is 11.0 Å². The van der Waals surface area contributed by atoms with Crippen molar-refractivity contribution >= 4 is 63.5 Å². The molecule has 0 radical (unpaired) electrons. The zero-order valence-electron chi connectivity index (χ0n) is 26.2. The van der Waals surface area contributed by atoms with Gasteiger partial charge in [-0.1, -0.05) is 81.4 Å². The van der Waals surface area contributed by atoms with Crippen molar-refractivity contribution < 1.29 is 24.2 Å². The van der Waals surface area contributed by atoms with Gasteiger partial charge in [0.15, 0.2) is 5.75 Å². The number of aromatic hydroxyl groups is 1. The number of aromatic nitrogens is 2. The molecule has 0 spiro atoms. The summed E-state index contributed by atoms with van der Waals surface area (Å²) in [5.74, 6) is 0.0883. The summed E-state index contributed by atoms with van der Waals surface area (Å²) in [5.41, 5.74) is 0.889. The molecule has 1 saturated heterocycles. The topological polar surface area (TPSA) is 137 Å². The van der Waals surface area contributed by atoms with Crippen LogP contribution in [0.15, 0.2) is 83.5 Å². The summed E-state index contributed by atoms with van der Waals surface area (Å²) in [5, 5.41) is 28.7. The summed E-state index contributed by atoms with van der Waals surface area (Å²) in [6, 6.07) is 23.2. The van der Waals surface area contributed by atoms with Gasteiger partial charge in [0.05, 0.1) is 16.2 Å². The maximum atomic E-state index is 13.4. The standard InChI is InChI=1S/C34H40BrN5O5Si/c1-34(2,3)46(24-11-6-4-7-12-24,25-13-8-5-9-14-25)45-20-10-18-36-32(42)28-21-23(17-19-40(28)33(43)44)38-29-22-37-27-16-15-26(35)31(41)30(27)39-29/h4-9,11-16,22-23,28,41H,10,17-21H2,1-3H3,(H,36,42)(H,38,39)(H,43,44)/t23-,28-/m0/s1. The van der Waals surface area contributed by atoms with Crippen molar-refractivity contribution in [3.8, 4) is 5.75 Å². The largest absolute Gasteiger partial charge is 0.504 e. The highest BCUT2D eigenvalue weighted by Crippen LogP contribution is 2.37. The van der Waals surface area contributed by atoms with Gasteiger partial charge >= 0.3 is 6.09 Å². The van der Waals surface area contributed by atoms with Crippen molar-refractivity contribution in [2.24, 2.45) is 0 Å². The van der Waals surface area contributed by atoms with E-state index in [2.05, 4.69) is 81.6 Å². The number of benzene rings is 3. The Morgan fingerprint density at radius 2 is 1.70 bits per heavy atom. The van der Waals surface area contributed by atoms with E-state index >= 15 is 0 Å². The van der Waals surface area contributed by atoms with E-state index in [4.69, 9.17) is 4.43 Å². The summed E-state index contributed by atoms with van der Waals surface area (Å²) in [6.45, 7) is 7.65. The van der Waals surface area contributed by atoms with Crippen LogP contribution in [0.4, 0.5) is 10.6 Å². The van der Waals surface area contributed by atoms with Gasteiger partial charge in [-0.05, 0) is 62.7 Å². The number of hydrogen-bond donors (Lipinski definition) is 4. The molecular weight excluding hydrogens is 666 g/mol. The highest BCUT2D eigenvalue weighted by molar-refractivity contribution is 9.10. The fraction of sp³-hybridized carbons (Fsp3) is 0.353. The number of carboxylic acid groups (broad SMARTS) is 1. The highest BCUT2D eigenvalue weighted by Gasteiger charge is 2.50. The summed E-state index contributed by atoms with van der Waals surface area (Å²) >= 11 is 3.30. The SMILES string of the molecule is CC(C)(C)[Si](OCCCNC(=O)[C@@H]1C[C@@H](Nc2cnc3ccc(Br)c(O)c3n2)CCN1C(=O)O)(c1ccccc1)c1ccccc1. The molecule has 2 atom stereocenters. The number of amides is 2. The molecule has 1 fully saturated rings. The highest BCUT2D eigenvalue weighted by atomic mass is 79.9. The second kappa shape index (κ2) is 14.2. The van der Waals surface area contributed by atoms with Crippen LogP contribution >= 0.6 is 15.9 Å². The van der Waals surface area contributed by atoms with Crippen LogP contribution in [0.5, 0.6) is 5.75 Å². The smallest absolute Gasteiger partial charge is 0.407 e. The van der Waals surface area contributed by atoms with Crippen molar-refractivity contribution in [1.82, 2.24) is 20.2 Å². The zero-order chi connectivity index (χ0) is 32.9. The molecule has 5 rings (SSSR count). The number of halogens is 1. The number of carbonyl (C=O) groups excluding carboxylic acids is 1. The number of phenolic OH excluding ortho intramolecular Hbond substituents is 1. The lowest BCUT2D eigenvalue weighted by atomic mass is 9.96. The summed E-state index contributed by atoms with van der Waals surface area (Å²) in [7, 11) is -2.69. The van der Waals surface area contributed by atoms with Crippen LogP contribution in [0, 0.1) is 0 Å². The lowest BCUT2D eigenvalue weighted by Gasteiger charge is -2.43. The number of piperidine rings is 1. The van der Waals surface area contributed by atoms with Crippen molar-refractivity contribution in [3.63, 3.8) is 0 Å². The Bertz CT molecular complexity index is 1630. The number of likely N-dealkylation sites (tertiary alicyclic amines) is 1. The van der Waals surface area contributed by atoms with Gasteiger partial charge in [0, 0.05) is 25.7 Å². The van der Waals surface area contributed by atoms with E-state index in [1.54, 1.807) is 18.3 Å². The van der Waals surface area contributed by atoms with Crippen LogP contribution in [-0.4, -0.2) is 77.2 Å². The van der Waals surface area contributed by atoms with Crippen LogP contribution < -0.4 is 21.0 Å². The minimum atomic E-state index is -2.69. The first-order chi connectivity index (χ1) is 22.0. The molecule has 1 aliphatic heterocycles. The molecule has 0 aliphatic carbocycles. The van der Waals surface area contributed by atoms with Crippen molar-refractivity contribution in [2.45, 2.75) is 57.2 Å². The summed E-state index contributed by atoms with van der Waals surface area (Å²) in [6.07, 6.45) is 1.77. The Balaban J connectivity index is 1.23. The Kier molecular flexibility index (Phi) is 10.3. The predicted octanol–water partition coefficient (Wildman–Crippen LogP) is 5.10. The molecule has 242 valence electrons. The average molecular weight is 707 g/mol. The number of hydrogen-bond acceptors (Lipinski definition) is 7. The van der Waals surface area contributed by atoms with Crippen LogP contribution in [0.2, 0.25) is 5.04 Å². The lowest BCUT2D eigenvalue weighted by Crippen LogP contribution is -2.66. The average Bonchev–Trinajstić information content (AvgIpc) is 3.04. The molecule has 46 heavy (non-hydrogen) atoms. The molecule has 4 N–H and O–H groups in total. The first-order valence-electron chi connectivity index (χ1n) is 15.4. The van der Waals surface area contributed by atoms with Gasteiger partial charge in [-0.25, -0.2) is 9.78 Å². The molecule has 1 aliphatic rings. The fourth-order valence-electron chi connectivity index (χ4n) is 6.28. The number of fused-ring (bicyclic) bond motifs is 1. The van der Waals surface area contributed by atoms with Crippen LogP contribution in [-0.2, 0) is 9.22 Å². The Hall–Kier alpha value is -4.00. The van der Waals surface area contributed by atoms with E-state index in [-0.39, 0.29) is 35.7 Å². The first-order valence-corrected chi connectivity index (χ1v) is 18.1. The van der Waals surface area contributed by atoms with E-state index in [1.807, 2.05) is 36.4 Å². The molecular formula is C34H40BrN5O5Si. The van der Waals surface area contributed by atoms with E-state index in [9.17, 15) is 19.8 Å². The Morgan fingerprint density at radius 1 is 1.04 bits per heavy atom. The summed E-state index contributed by atoms with van der Waals surface area (Å²) < 4.78 is 7.43. The third kappa shape index (κ3) is 7.03. The van der Waals surface area contributed by atoms with Crippen molar-refractivity contribution in [3.05, 3.63) is 83.5 Å². The van der Waals surface area contributed by atoms with Gasteiger partial charge in [-0.15, -0.1) is 0 Å². The van der Waals surface area contributed by atoms with E-state index in [0.29, 0.717) is 47.3 Å². The van der Waals surface area contributed by atoms with Gasteiger partial charge in [-0.2, -0.15) is 0 Å². The lowest BCUT2D eigenvalue weighted by molar-refractivity contribution is -0.127. The van der Waals surface area contributed by atoms with Gasteiger partial charge in [-0.3, -0.25) is 14.7 Å². The fourth-order valence-corrected chi connectivity index (χ4v) is 11.2. The van der Waals surface area contributed by atoms with Gasteiger partial charge in [0.2, 0.25) is 5.91 Å². The van der Waals surface area contributed by atoms with Crippen molar-refractivity contribution in [1.29, 1.82) is 0 Å². The molecule has 0 bridgehead atoms. The monoisotopic (exact) mass is 705 g/mol. The second-order valence-corrected chi connectivity index (χ2v) is 17.7. The number of anilines is 1. The molecule has 0 saturated carbocycles. The molecule has 2 heterocycles. The minimum Gasteiger partial charge on any atom is -0.504 e. The number of rotatable bonds is 10. The molecule has 2 amide bonds. The molecule has 3 aromatic carbocycles. The van der Waals surface area contributed by atoms with Crippen LogP contribution in [0.3, 0.4) is 0 Å². The van der Waals surface area contributed by atoms with Gasteiger partial charge < -0.3 is 25.3 Å². The van der Waals surface area contributed by atoms with E-state index < -0.39 is 20.5 Å². The number of phenols is 1. The number of nitrogens with zero attached hydrogens (tertiary/aromatic N) is 3. The number of nitrogens with one attached hydrogen (secondary N) is 2. The second-order valence-electron chi connectivity index (χ2n) is 12.5. The van der Waals surface area contributed by atoms with Crippen LogP contribution in [0.1, 0.15) is 40.0 Å². The normalized spacial score (nSPS) is 17.1. The maximum Gasteiger partial charge on any atom is 0.407 e.